The van der Waals surface area contributed by atoms with Gasteiger partial charge in [0.25, 0.3) is 15.9 Å². The Bertz CT molecular complexity index is 1070. The summed E-state index contributed by atoms with van der Waals surface area (Å²) in [6, 6.07) is 15.0. The molecule has 1 aliphatic carbocycles. The zero-order chi connectivity index (χ0) is 25.6. The molecule has 0 spiro atoms. The van der Waals surface area contributed by atoms with E-state index in [-0.39, 0.29) is 4.90 Å². The molecular weight excluding hydrogens is 474 g/mol. The second-order valence-corrected chi connectivity index (χ2v) is 11.0. The molecule has 0 radical (unpaired) electrons. The lowest BCUT2D eigenvalue weighted by molar-refractivity contribution is -0.119. The zero-order valence-electron chi connectivity index (χ0n) is 21.3. The first-order valence-corrected chi connectivity index (χ1v) is 14.6. The molecule has 0 aromatic heterocycles. The van der Waals surface area contributed by atoms with Crippen molar-refractivity contribution in [2.75, 3.05) is 17.5 Å². The first kappa shape index (κ1) is 27.7. The van der Waals surface area contributed by atoms with Crippen LogP contribution in [0, 0.1) is 0 Å². The SMILES string of the molecule is CCOc1ccccc1N(CC(=O)NN=C1CCCCCCCCCCC1)S(=O)(=O)c1ccccc1. The summed E-state index contributed by atoms with van der Waals surface area (Å²) in [5, 5.41) is 4.44. The Labute approximate surface area is 216 Å². The van der Waals surface area contributed by atoms with Crippen LogP contribution in [-0.4, -0.2) is 33.2 Å². The lowest BCUT2D eigenvalue weighted by Gasteiger charge is -2.25. The highest BCUT2D eigenvalue weighted by atomic mass is 32.2. The maximum atomic E-state index is 13.6. The van der Waals surface area contributed by atoms with E-state index in [0.717, 1.165) is 35.7 Å². The van der Waals surface area contributed by atoms with Crippen LogP contribution >= 0.6 is 0 Å². The Hall–Kier alpha value is -2.87. The smallest absolute Gasteiger partial charge is 0.264 e. The molecule has 1 saturated carbocycles. The lowest BCUT2D eigenvalue weighted by Crippen LogP contribution is -2.40. The first-order valence-electron chi connectivity index (χ1n) is 13.2. The number of anilines is 1. The fourth-order valence-electron chi connectivity index (χ4n) is 4.40. The van der Waals surface area contributed by atoms with Gasteiger partial charge >= 0.3 is 0 Å². The quantitative estimate of drug-likeness (QED) is 0.435. The van der Waals surface area contributed by atoms with Gasteiger partial charge in [-0.3, -0.25) is 9.10 Å². The van der Waals surface area contributed by atoms with Crippen LogP contribution in [0.2, 0.25) is 0 Å². The van der Waals surface area contributed by atoms with Crippen molar-refractivity contribution in [1.29, 1.82) is 0 Å². The minimum absolute atomic E-state index is 0.106. The van der Waals surface area contributed by atoms with Crippen LogP contribution in [0.5, 0.6) is 5.75 Å². The second-order valence-electron chi connectivity index (χ2n) is 9.12. The van der Waals surface area contributed by atoms with Crippen LogP contribution in [0.1, 0.15) is 77.6 Å². The molecule has 3 rings (SSSR count). The highest BCUT2D eigenvalue weighted by Gasteiger charge is 2.29. The molecule has 2 aromatic carbocycles. The lowest BCUT2D eigenvalue weighted by atomic mass is 10.00. The number of hydrogen-bond acceptors (Lipinski definition) is 5. The van der Waals surface area contributed by atoms with E-state index < -0.39 is 22.5 Å². The third kappa shape index (κ3) is 8.36. The fraction of sp³-hybridized carbons (Fsp3) is 0.500. The molecule has 1 N–H and O–H groups in total. The molecule has 196 valence electrons. The number of nitrogens with zero attached hydrogens (tertiary/aromatic N) is 2. The van der Waals surface area contributed by atoms with E-state index in [1.165, 1.54) is 57.1 Å². The van der Waals surface area contributed by atoms with E-state index >= 15 is 0 Å². The van der Waals surface area contributed by atoms with Crippen molar-refractivity contribution in [2.24, 2.45) is 5.10 Å². The minimum atomic E-state index is -4.02. The normalized spacial score (nSPS) is 15.8. The zero-order valence-corrected chi connectivity index (χ0v) is 22.1. The summed E-state index contributed by atoms with van der Waals surface area (Å²) in [5.74, 6) is -0.0858. The summed E-state index contributed by atoms with van der Waals surface area (Å²) < 4.78 is 34.0. The van der Waals surface area contributed by atoms with Gasteiger partial charge in [0, 0.05) is 5.71 Å². The molecule has 7 nitrogen and oxygen atoms in total. The van der Waals surface area contributed by atoms with E-state index in [1.54, 1.807) is 42.5 Å². The largest absolute Gasteiger partial charge is 0.492 e. The van der Waals surface area contributed by atoms with Gasteiger partial charge in [0.2, 0.25) is 0 Å². The third-order valence-electron chi connectivity index (χ3n) is 6.32. The van der Waals surface area contributed by atoms with Gasteiger partial charge in [-0.2, -0.15) is 5.10 Å². The number of carbonyl (C=O) groups excluding carboxylic acids is 1. The van der Waals surface area contributed by atoms with Gasteiger partial charge in [-0.25, -0.2) is 13.8 Å². The number of para-hydroxylation sites is 2. The van der Waals surface area contributed by atoms with Crippen LogP contribution in [0.25, 0.3) is 0 Å². The van der Waals surface area contributed by atoms with E-state index in [4.69, 9.17) is 4.74 Å². The second kappa shape index (κ2) is 14.6. The molecule has 36 heavy (non-hydrogen) atoms. The van der Waals surface area contributed by atoms with Crippen molar-refractivity contribution in [1.82, 2.24) is 5.43 Å². The monoisotopic (exact) mass is 513 g/mol. The number of rotatable bonds is 8. The van der Waals surface area contributed by atoms with E-state index in [0.29, 0.717) is 18.0 Å². The van der Waals surface area contributed by atoms with Gasteiger partial charge in [-0.05, 0) is 56.9 Å². The third-order valence-corrected chi connectivity index (χ3v) is 8.10. The number of hydrogen-bond donors (Lipinski definition) is 1. The Kier molecular flexibility index (Phi) is 11.3. The molecular formula is C28H39N3O4S. The Morgan fingerprint density at radius 2 is 1.42 bits per heavy atom. The van der Waals surface area contributed by atoms with Gasteiger partial charge in [-0.15, -0.1) is 0 Å². The Morgan fingerprint density at radius 3 is 2.03 bits per heavy atom. The Morgan fingerprint density at radius 1 is 0.861 bits per heavy atom. The molecule has 2 aromatic rings. The summed E-state index contributed by atoms with van der Waals surface area (Å²) in [6.07, 6.45) is 12.6. The summed E-state index contributed by atoms with van der Waals surface area (Å²) in [7, 11) is -4.02. The van der Waals surface area contributed by atoms with E-state index in [9.17, 15) is 13.2 Å². The van der Waals surface area contributed by atoms with Crippen molar-refractivity contribution in [3.05, 3.63) is 54.6 Å². The van der Waals surface area contributed by atoms with Crippen LogP contribution in [-0.2, 0) is 14.8 Å². The maximum Gasteiger partial charge on any atom is 0.264 e. The number of ether oxygens (including phenoxy) is 1. The number of nitrogens with one attached hydrogen (secondary N) is 1. The van der Waals surface area contributed by atoms with Crippen LogP contribution in [0.15, 0.2) is 64.6 Å². The molecule has 1 amide bonds. The molecule has 1 aliphatic rings. The van der Waals surface area contributed by atoms with Gasteiger partial charge < -0.3 is 4.74 Å². The molecule has 0 aliphatic heterocycles. The van der Waals surface area contributed by atoms with Crippen LogP contribution in [0.4, 0.5) is 5.69 Å². The highest BCUT2D eigenvalue weighted by molar-refractivity contribution is 7.92. The molecule has 8 heteroatoms. The molecule has 0 atom stereocenters. The number of amides is 1. The van der Waals surface area contributed by atoms with Crippen LogP contribution in [0.3, 0.4) is 0 Å². The van der Waals surface area contributed by atoms with Gasteiger partial charge in [-0.1, -0.05) is 75.3 Å². The summed E-state index contributed by atoms with van der Waals surface area (Å²) >= 11 is 0. The number of carbonyl (C=O) groups is 1. The molecule has 0 heterocycles. The average molecular weight is 514 g/mol. The topological polar surface area (TPSA) is 88.1 Å². The van der Waals surface area contributed by atoms with Crippen molar-refractivity contribution >= 4 is 27.3 Å². The summed E-state index contributed by atoms with van der Waals surface area (Å²) in [5.41, 5.74) is 3.94. The molecule has 1 fully saturated rings. The predicted molar refractivity (Wildman–Crippen MR) is 145 cm³/mol. The number of hydrazone groups is 1. The average Bonchev–Trinajstić information content (AvgIpc) is 2.88. The molecule has 0 unspecified atom stereocenters. The Balaban J connectivity index is 1.80. The van der Waals surface area contributed by atoms with Gasteiger partial charge in [0.1, 0.15) is 12.3 Å². The van der Waals surface area contributed by atoms with Gasteiger partial charge in [0.15, 0.2) is 0 Å². The van der Waals surface area contributed by atoms with Crippen molar-refractivity contribution in [3.63, 3.8) is 0 Å². The van der Waals surface area contributed by atoms with Crippen LogP contribution < -0.4 is 14.5 Å². The predicted octanol–water partition coefficient (Wildman–Crippen LogP) is 6.06. The number of benzene rings is 2. The summed E-state index contributed by atoms with van der Waals surface area (Å²) in [4.78, 5) is 13.1. The van der Waals surface area contributed by atoms with E-state index in [2.05, 4.69) is 10.5 Å². The maximum absolute atomic E-state index is 13.6. The van der Waals surface area contributed by atoms with E-state index in [1.807, 2.05) is 6.92 Å². The summed E-state index contributed by atoms with van der Waals surface area (Å²) in [6.45, 7) is 1.80. The number of sulfonamides is 1. The van der Waals surface area contributed by atoms with Gasteiger partial charge in [0.05, 0.1) is 17.2 Å². The highest BCUT2D eigenvalue weighted by Crippen LogP contribution is 2.32. The molecule has 0 saturated heterocycles. The minimum Gasteiger partial charge on any atom is -0.492 e. The van der Waals surface area contributed by atoms with Crippen molar-refractivity contribution < 1.29 is 17.9 Å². The fourth-order valence-corrected chi connectivity index (χ4v) is 5.85. The first-order chi connectivity index (χ1) is 17.5. The van der Waals surface area contributed by atoms with Crippen molar-refractivity contribution in [3.8, 4) is 5.75 Å². The van der Waals surface area contributed by atoms with Crippen molar-refractivity contribution in [2.45, 2.75) is 82.4 Å². The molecule has 0 bridgehead atoms. The standard InChI is InChI=1S/C28H39N3O4S/c1-2-35-27-22-16-15-21-26(27)31(36(33,34)25-19-13-10-14-20-25)23-28(32)30-29-24-17-11-8-6-4-3-5-7-9-12-18-24/h10,13-16,19-22H,2-9,11-12,17-18,23H2,1H3,(H,30,32).